The van der Waals surface area contributed by atoms with Crippen LogP contribution < -0.4 is 19.5 Å². The lowest BCUT2D eigenvalue weighted by molar-refractivity contribution is -0.112. The molecule has 3 aromatic carbocycles. The molecule has 0 aliphatic rings. The summed E-state index contributed by atoms with van der Waals surface area (Å²) < 4.78 is 17.7. The summed E-state index contributed by atoms with van der Waals surface area (Å²) in [5.41, 5.74) is 2.24. The van der Waals surface area contributed by atoms with Crippen LogP contribution in [0.15, 0.2) is 72.3 Å². The van der Waals surface area contributed by atoms with E-state index in [0.29, 0.717) is 41.7 Å². The van der Waals surface area contributed by atoms with E-state index in [0.717, 1.165) is 9.13 Å². The van der Waals surface area contributed by atoms with Crippen molar-refractivity contribution in [3.63, 3.8) is 0 Å². The van der Waals surface area contributed by atoms with Crippen molar-refractivity contribution in [2.24, 2.45) is 0 Å². The monoisotopic (exact) mass is 554 g/mol. The number of nitriles is 1. The standard InChI is InChI=1S/C26H23IN2O4/c1-3-32-22-11-9-21(10-12-22)29-26(30)20(16-28)13-19-14-23(27)25(24(15-19)31-2)33-17-18-7-5-4-6-8-18/h4-15H,3,17H2,1-2H3,(H,29,30)/b20-13-. The molecule has 3 aromatic rings. The minimum absolute atomic E-state index is 0.0281. The zero-order chi connectivity index (χ0) is 23.6. The number of nitrogens with zero attached hydrogens (tertiary/aromatic N) is 1. The van der Waals surface area contributed by atoms with Gasteiger partial charge < -0.3 is 19.5 Å². The summed E-state index contributed by atoms with van der Waals surface area (Å²) in [7, 11) is 1.55. The molecular formula is C26H23IN2O4. The molecule has 0 unspecified atom stereocenters. The first-order valence-electron chi connectivity index (χ1n) is 10.2. The molecule has 0 saturated heterocycles. The largest absolute Gasteiger partial charge is 0.494 e. The van der Waals surface area contributed by atoms with Gasteiger partial charge in [-0.2, -0.15) is 5.26 Å². The molecule has 0 atom stereocenters. The van der Waals surface area contributed by atoms with Crippen LogP contribution >= 0.6 is 22.6 Å². The predicted molar refractivity (Wildman–Crippen MR) is 136 cm³/mol. The molecule has 6 nitrogen and oxygen atoms in total. The first-order chi connectivity index (χ1) is 16.0. The lowest BCUT2D eigenvalue weighted by atomic mass is 10.1. The highest BCUT2D eigenvalue weighted by molar-refractivity contribution is 14.1. The van der Waals surface area contributed by atoms with Gasteiger partial charge in [-0.25, -0.2) is 0 Å². The highest BCUT2D eigenvalue weighted by Crippen LogP contribution is 2.35. The average molecular weight is 554 g/mol. The Morgan fingerprint density at radius 1 is 1.09 bits per heavy atom. The molecule has 1 N–H and O–H groups in total. The average Bonchev–Trinajstić information content (AvgIpc) is 2.83. The van der Waals surface area contributed by atoms with Crippen LogP contribution in [0.4, 0.5) is 5.69 Å². The maximum atomic E-state index is 12.6. The van der Waals surface area contributed by atoms with Crippen molar-refractivity contribution in [2.45, 2.75) is 13.5 Å². The van der Waals surface area contributed by atoms with Crippen molar-refractivity contribution in [2.75, 3.05) is 19.0 Å². The third kappa shape index (κ3) is 6.73. The van der Waals surface area contributed by atoms with Crippen LogP contribution in [0.3, 0.4) is 0 Å². The molecule has 0 radical (unpaired) electrons. The van der Waals surface area contributed by atoms with E-state index in [1.165, 1.54) is 6.08 Å². The highest BCUT2D eigenvalue weighted by atomic mass is 127. The summed E-state index contributed by atoms with van der Waals surface area (Å²) in [6.07, 6.45) is 1.52. The number of hydrogen-bond donors (Lipinski definition) is 1. The topological polar surface area (TPSA) is 80.6 Å². The summed E-state index contributed by atoms with van der Waals surface area (Å²) in [6, 6.07) is 22.4. The molecule has 168 valence electrons. The number of ether oxygens (including phenoxy) is 3. The number of nitrogens with one attached hydrogen (secondary N) is 1. The van der Waals surface area contributed by atoms with E-state index in [9.17, 15) is 10.1 Å². The Hall–Kier alpha value is -3.51. The van der Waals surface area contributed by atoms with Crippen LogP contribution in [-0.2, 0) is 11.4 Å². The van der Waals surface area contributed by atoms with Crippen molar-refractivity contribution in [3.05, 3.63) is 87.0 Å². The quantitative estimate of drug-likeness (QED) is 0.205. The van der Waals surface area contributed by atoms with Crippen LogP contribution in [0.5, 0.6) is 17.2 Å². The molecule has 3 rings (SSSR count). The fourth-order valence-corrected chi connectivity index (χ4v) is 3.79. The molecule has 1 amide bonds. The van der Waals surface area contributed by atoms with Crippen molar-refractivity contribution < 1.29 is 19.0 Å². The second kappa shape index (κ2) is 11.9. The number of methoxy groups -OCH3 is 1. The van der Waals surface area contributed by atoms with Crippen LogP contribution in [-0.4, -0.2) is 19.6 Å². The summed E-state index contributed by atoms with van der Waals surface area (Å²) in [5.74, 6) is 1.34. The Bertz CT molecular complexity index is 1170. The number of benzene rings is 3. The molecule has 0 spiro atoms. The van der Waals surface area contributed by atoms with E-state index in [4.69, 9.17) is 14.2 Å². The predicted octanol–water partition coefficient (Wildman–Crippen LogP) is 5.82. The number of rotatable bonds is 9. The third-order valence-electron chi connectivity index (χ3n) is 4.58. The Morgan fingerprint density at radius 2 is 1.82 bits per heavy atom. The van der Waals surface area contributed by atoms with E-state index in [-0.39, 0.29) is 5.57 Å². The van der Waals surface area contributed by atoms with Gasteiger partial charge in [0.15, 0.2) is 11.5 Å². The van der Waals surface area contributed by atoms with Gasteiger partial charge >= 0.3 is 0 Å². The molecular weight excluding hydrogens is 531 g/mol. The minimum atomic E-state index is -0.500. The molecule has 0 saturated carbocycles. The van der Waals surface area contributed by atoms with Gasteiger partial charge in [0.2, 0.25) is 0 Å². The van der Waals surface area contributed by atoms with Gasteiger partial charge in [0.05, 0.1) is 17.3 Å². The molecule has 0 bridgehead atoms. The number of hydrogen-bond acceptors (Lipinski definition) is 5. The van der Waals surface area contributed by atoms with Crippen LogP contribution in [0, 0.1) is 14.9 Å². The summed E-state index contributed by atoms with van der Waals surface area (Å²) in [5, 5.41) is 12.3. The zero-order valence-corrected chi connectivity index (χ0v) is 20.5. The smallest absolute Gasteiger partial charge is 0.266 e. The van der Waals surface area contributed by atoms with Crippen molar-refractivity contribution in [1.82, 2.24) is 0 Å². The van der Waals surface area contributed by atoms with E-state index in [1.807, 2.05) is 49.4 Å². The highest BCUT2D eigenvalue weighted by Gasteiger charge is 2.14. The molecule has 0 aliphatic heterocycles. The van der Waals surface area contributed by atoms with Crippen molar-refractivity contribution in [3.8, 4) is 23.3 Å². The molecule has 7 heteroatoms. The zero-order valence-electron chi connectivity index (χ0n) is 18.3. The molecule has 33 heavy (non-hydrogen) atoms. The fourth-order valence-electron chi connectivity index (χ4n) is 3.01. The van der Waals surface area contributed by atoms with Gasteiger partial charge in [-0.05, 0) is 83.1 Å². The number of halogens is 1. The second-order valence-electron chi connectivity index (χ2n) is 6.89. The van der Waals surface area contributed by atoms with E-state index in [1.54, 1.807) is 37.4 Å². The normalized spacial score (nSPS) is 10.8. The van der Waals surface area contributed by atoms with Gasteiger partial charge in [-0.15, -0.1) is 0 Å². The lowest BCUT2D eigenvalue weighted by Gasteiger charge is -2.14. The number of amides is 1. The summed E-state index contributed by atoms with van der Waals surface area (Å²) in [6.45, 7) is 2.86. The van der Waals surface area contributed by atoms with Crippen LogP contribution in [0.1, 0.15) is 18.1 Å². The first-order valence-corrected chi connectivity index (χ1v) is 11.3. The van der Waals surface area contributed by atoms with Crippen molar-refractivity contribution >= 4 is 40.3 Å². The molecule has 0 heterocycles. The Labute approximate surface area is 206 Å². The van der Waals surface area contributed by atoms with Gasteiger partial charge in [-0.1, -0.05) is 30.3 Å². The maximum absolute atomic E-state index is 12.6. The van der Waals surface area contributed by atoms with Crippen LogP contribution in [0.2, 0.25) is 0 Å². The Kier molecular flexibility index (Phi) is 8.72. The number of anilines is 1. The lowest BCUT2D eigenvalue weighted by Crippen LogP contribution is -2.13. The SMILES string of the molecule is CCOc1ccc(NC(=O)/C(C#N)=C\c2cc(I)c(OCc3ccccc3)c(OC)c2)cc1. The van der Waals surface area contributed by atoms with Crippen molar-refractivity contribution in [1.29, 1.82) is 5.26 Å². The first kappa shape index (κ1) is 24.1. The second-order valence-corrected chi connectivity index (χ2v) is 8.05. The van der Waals surface area contributed by atoms with Gasteiger partial charge in [0, 0.05) is 5.69 Å². The van der Waals surface area contributed by atoms with Gasteiger partial charge in [0.25, 0.3) is 5.91 Å². The summed E-state index contributed by atoms with van der Waals surface area (Å²) in [4.78, 5) is 12.6. The Balaban J connectivity index is 1.77. The number of carbonyl (C=O) groups is 1. The third-order valence-corrected chi connectivity index (χ3v) is 5.38. The fraction of sp³-hybridized carbons (Fsp3) is 0.154. The molecule has 0 fully saturated rings. The molecule has 0 aliphatic carbocycles. The summed E-state index contributed by atoms with van der Waals surface area (Å²) >= 11 is 2.15. The van der Waals surface area contributed by atoms with E-state index >= 15 is 0 Å². The molecule has 0 aromatic heterocycles. The van der Waals surface area contributed by atoms with E-state index in [2.05, 4.69) is 27.9 Å². The van der Waals surface area contributed by atoms with Gasteiger partial charge in [0.1, 0.15) is 24.0 Å². The van der Waals surface area contributed by atoms with Crippen LogP contribution in [0.25, 0.3) is 6.08 Å². The number of carbonyl (C=O) groups excluding carboxylic acids is 1. The van der Waals surface area contributed by atoms with E-state index < -0.39 is 5.91 Å². The van der Waals surface area contributed by atoms with Gasteiger partial charge in [-0.3, -0.25) is 4.79 Å². The Morgan fingerprint density at radius 3 is 2.45 bits per heavy atom. The minimum Gasteiger partial charge on any atom is -0.494 e. The maximum Gasteiger partial charge on any atom is 0.266 e.